The van der Waals surface area contributed by atoms with Gasteiger partial charge in [-0.1, -0.05) is 43.2 Å². The van der Waals surface area contributed by atoms with Crippen LogP contribution in [0.15, 0.2) is 30.3 Å². The molecule has 2 aliphatic rings. The number of rotatable bonds is 5. The second-order valence-electron chi connectivity index (χ2n) is 7.17. The number of amides is 2. The van der Waals surface area contributed by atoms with Gasteiger partial charge in [0.25, 0.3) is 0 Å². The van der Waals surface area contributed by atoms with E-state index in [0.29, 0.717) is 12.5 Å². The molecule has 2 aliphatic carbocycles. The molecule has 23 heavy (non-hydrogen) atoms. The maximum Gasteiger partial charge on any atom is 0.317 e. The number of carbonyl (C=O) groups is 1. The second kappa shape index (κ2) is 7.35. The summed E-state index contributed by atoms with van der Waals surface area (Å²) in [6, 6.07) is 10.3. The molecule has 3 atom stereocenters. The van der Waals surface area contributed by atoms with E-state index in [1.54, 1.807) is 4.90 Å². The van der Waals surface area contributed by atoms with E-state index in [9.17, 15) is 9.90 Å². The number of aliphatic hydroxyl groups is 1. The van der Waals surface area contributed by atoms with Crippen molar-refractivity contribution in [2.75, 3.05) is 13.6 Å². The van der Waals surface area contributed by atoms with Crippen LogP contribution in [0.4, 0.5) is 4.79 Å². The highest BCUT2D eigenvalue weighted by Gasteiger charge is 2.34. The number of nitrogens with zero attached hydrogens (tertiary/aromatic N) is 1. The standard InChI is InChI=1S/C19H28N2O2/c1-21(13-16-9-5-6-10-17(16)22)19(23)20-18(15-11-12-15)14-7-3-2-4-8-14/h2-4,7-8,15-18,22H,5-6,9-13H2,1H3,(H,20,23). The first-order chi connectivity index (χ1) is 11.1. The largest absolute Gasteiger partial charge is 0.393 e. The Hall–Kier alpha value is -1.55. The Morgan fingerprint density at radius 2 is 1.91 bits per heavy atom. The van der Waals surface area contributed by atoms with Crippen LogP contribution in [-0.2, 0) is 0 Å². The molecule has 1 aromatic carbocycles. The van der Waals surface area contributed by atoms with Gasteiger partial charge in [0.2, 0.25) is 0 Å². The second-order valence-corrected chi connectivity index (χ2v) is 7.17. The summed E-state index contributed by atoms with van der Waals surface area (Å²) in [6.07, 6.45) is 6.26. The van der Waals surface area contributed by atoms with Crippen LogP contribution in [0.25, 0.3) is 0 Å². The van der Waals surface area contributed by atoms with Gasteiger partial charge >= 0.3 is 6.03 Å². The Morgan fingerprint density at radius 1 is 1.22 bits per heavy atom. The fourth-order valence-corrected chi connectivity index (χ4v) is 3.64. The van der Waals surface area contributed by atoms with Gasteiger partial charge in [-0.05, 0) is 37.2 Å². The van der Waals surface area contributed by atoms with Crippen molar-refractivity contribution < 1.29 is 9.90 Å². The number of hydrogen-bond acceptors (Lipinski definition) is 2. The molecular weight excluding hydrogens is 288 g/mol. The average molecular weight is 316 g/mol. The zero-order chi connectivity index (χ0) is 16.2. The third-order valence-corrected chi connectivity index (χ3v) is 5.26. The van der Waals surface area contributed by atoms with Gasteiger partial charge in [-0.15, -0.1) is 0 Å². The van der Waals surface area contributed by atoms with E-state index < -0.39 is 0 Å². The molecule has 4 nitrogen and oxygen atoms in total. The highest BCUT2D eigenvalue weighted by Crippen LogP contribution is 2.41. The molecule has 0 heterocycles. The number of hydrogen-bond donors (Lipinski definition) is 2. The lowest BCUT2D eigenvalue weighted by molar-refractivity contribution is 0.0562. The van der Waals surface area contributed by atoms with Crippen LogP contribution in [0.5, 0.6) is 0 Å². The first kappa shape index (κ1) is 16.3. The van der Waals surface area contributed by atoms with Crippen LogP contribution in [0.1, 0.15) is 50.1 Å². The van der Waals surface area contributed by atoms with Gasteiger partial charge in [-0.2, -0.15) is 0 Å². The number of nitrogens with one attached hydrogen (secondary N) is 1. The van der Waals surface area contributed by atoms with E-state index in [1.165, 1.54) is 18.4 Å². The van der Waals surface area contributed by atoms with Gasteiger partial charge in [-0.3, -0.25) is 0 Å². The quantitative estimate of drug-likeness (QED) is 0.875. The van der Waals surface area contributed by atoms with Gasteiger partial charge < -0.3 is 15.3 Å². The van der Waals surface area contributed by atoms with Gasteiger partial charge in [0.05, 0.1) is 12.1 Å². The highest BCUT2D eigenvalue weighted by molar-refractivity contribution is 5.74. The van der Waals surface area contributed by atoms with Crippen molar-refractivity contribution >= 4 is 6.03 Å². The van der Waals surface area contributed by atoms with Crippen molar-refractivity contribution in [3.8, 4) is 0 Å². The van der Waals surface area contributed by atoms with E-state index in [-0.39, 0.29) is 24.1 Å². The Morgan fingerprint density at radius 3 is 2.57 bits per heavy atom. The molecule has 0 spiro atoms. The Kier molecular flexibility index (Phi) is 5.21. The normalized spacial score (nSPS) is 25.7. The molecule has 4 heteroatoms. The summed E-state index contributed by atoms with van der Waals surface area (Å²) in [7, 11) is 1.84. The average Bonchev–Trinajstić information content (AvgIpc) is 3.40. The summed E-state index contributed by atoms with van der Waals surface area (Å²) in [5.41, 5.74) is 1.19. The summed E-state index contributed by atoms with van der Waals surface area (Å²) in [5, 5.41) is 13.3. The van der Waals surface area contributed by atoms with Gasteiger partial charge in [0, 0.05) is 19.5 Å². The van der Waals surface area contributed by atoms with Crippen molar-refractivity contribution in [1.29, 1.82) is 0 Å². The Bertz CT molecular complexity index is 515. The molecule has 3 unspecified atom stereocenters. The predicted octanol–water partition coefficient (Wildman–Crippen LogP) is 3.33. The van der Waals surface area contributed by atoms with Crippen molar-refractivity contribution in [2.24, 2.45) is 11.8 Å². The maximum absolute atomic E-state index is 12.6. The van der Waals surface area contributed by atoms with Crippen LogP contribution in [0.2, 0.25) is 0 Å². The molecule has 3 rings (SSSR count). The molecule has 0 aliphatic heterocycles. The topological polar surface area (TPSA) is 52.6 Å². The summed E-state index contributed by atoms with van der Waals surface area (Å²) in [5.74, 6) is 0.783. The van der Waals surface area contributed by atoms with Crippen LogP contribution >= 0.6 is 0 Å². The maximum atomic E-state index is 12.6. The molecule has 2 fully saturated rings. The monoisotopic (exact) mass is 316 g/mol. The zero-order valence-electron chi connectivity index (χ0n) is 13.9. The van der Waals surface area contributed by atoms with E-state index >= 15 is 0 Å². The third-order valence-electron chi connectivity index (χ3n) is 5.26. The van der Waals surface area contributed by atoms with Crippen LogP contribution in [-0.4, -0.2) is 35.7 Å². The SMILES string of the molecule is CN(CC1CCCCC1O)C(=O)NC(c1ccccc1)C1CC1. The van der Waals surface area contributed by atoms with Crippen molar-refractivity contribution in [3.63, 3.8) is 0 Å². The number of urea groups is 1. The third kappa shape index (κ3) is 4.25. The molecule has 0 saturated heterocycles. The molecule has 1 aromatic rings. The van der Waals surface area contributed by atoms with Gasteiger partial charge in [-0.25, -0.2) is 4.79 Å². The molecule has 126 valence electrons. The molecule has 2 amide bonds. The molecule has 2 saturated carbocycles. The van der Waals surface area contributed by atoms with Crippen LogP contribution in [0, 0.1) is 11.8 Å². The number of benzene rings is 1. The fourth-order valence-electron chi connectivity index (χ4n) is 3.64. The molecule has 0 radical (unpaired) electrons. The van der Waals surface area contributed by atoms with E-state index in [1.807, 2.05) is 25.2 Å². The molecular formula is C19H28N2O2. The summed E-state index contributed by atoms with van der Waals surface area (Å²) < 4.78 is 0. The minimum Gasteiger partial charge on any atom is -0.393 e. The Labute approximate surface area is 138 Å². The van der Waals surface area contributed by atoms with Gasteiger partial charge in [0.1, 0.15) is 0 Å². The molecule has 0 bridgehead atoms. The lowest BCUT2D eigenvalue weighted by atomic mass is 9.86. The summed E-state index contributed by atoms with van der Waals surface area (Å²) in [4.78, 5) is 14.3. The van der Waals surface area contributed by atoms with Crippen LogP contribution < -0.4 is 5.32 Å². The van der Waals surface area contributed by atoms with Crippen molar-refractivity contribution in [3.05, 3.63) is 35.9 Å². The summed E-state index contributed by atoms with van der Waals surface area (Å²) >= 11 is 0. The van der Waals surface area contributed by atoms with E-state index in [4.69, 9.17) is 0 Å². The first-order valence-electron chi connectivity index (χ1n) is 8.90. The lowest BCUT2D eigenvalue weighted by Gasteiger charge is -2.32. The minimum absolute atomic E-state index is 0.0245. The minimum atomic E-state index is -0.257. The van der Waals surface area contributed by atoms with E-state index in [0.717, 1.165) is 25.7 Å². The summed E-state index contributed by atoms with van der Waals surface area (Å²) in [6.45, 7) is 0.638. The number of aliphatic hydroxyl groups excluding tert-OH is 1. The smallest absolute Gasteiger partial charge is 0.317 e. The van der Waals surface area contributed by atoms with Crippen LogP contribution in [0.3, 0.4) is 0 Å². The number of carbonyl (C=O) groups excluding carboxylic acids is 1. The predicted molar refractivity (Wildman–Crippen MR) is 91.0 cm³/mol. The highest BCUT2D eigenvalue weighted by atomic mass is 16.3. The molecule has 0 aromatic heterocycles. The van der Waals surface area contributed by atoms with E-state index in [2.05, 4.69) is 17.4 Å². The fraction of sp³-hybridized carbons (Fsp3) is 0.632. The van der Waals surface area contributed by atoms with Gasteiger partial charge in [0.15, 0.2) is 0 Å². The first-order valence-corrected chi connectivity index (χ1v) is 8.90. The lowest BCUT2D eigenvalue weighted by Crippen LogP contribution is -2.44. The Balaban J connectivity index is 1.58. The van der Waals surface area contributed by atoms with Crippen molar-refractivity contribution in [1.82, 2.24) is 10.2 Å². The van der Waals surface area contributed by atoms with Crippen molar-refractivity contribution in [2.45, 2.75) is 50.7 Å². The zero-order valence-corrected chi connectivity index (χ0v) is 13.9. The molecule has 2 N–H and O–H groups in total.